The molecule has 0 spiro atoms. The van der Waals surface area contributed by atoms with Crippen molar-refractivity contribution in [1.29, 1.82) is 0 Å². The molecule has 1 aliphatic heterocycles. The lowest BCUT2D eigenvalue weighted by molar-refractivity contribution is 0.0658. The molecule has 2 aromatic rings. The SMILES string of the molecule is Cc1ccc(Nc2cc(C(=O)N3CCN(C)CC3)ncn2)cc1. The summed E-state index contributed by atoms with van der Waals surface area (Å²) in [5.41, 5.74) is 2.57. The zero-order valence-corrected chi connectivity index (χ0v) is 13.5. The van der Waals surface area contributed by atoms with Crippen molar-refractivity contribution in [3.63, 3.8) is 0 Å². The van der Waals surface area contributed by atoms with Crippen LogP contribution in [0.1, 0.15) is 16.1 Å². The number of piperazine rings is 1. The Hall–Kier alpha value is -2.47. The summed E-state index contributed by atoms with van der Waals surface area (Å²) in [6.45, 7) is 5.30. The summed E-state index contributed by atoms with van der Waals surface area (Å²) in [7, 11) is 2.07. The molecule has 0 bridgehead atoms. The summed E-state index contributed by atoms with van der Waals surface area (Å²) in [6, 6.07) is 9.74. The number of rotatable bonds is 3. The minimum Gasteiger partial charge on any atom is -0.340 e. The van der Waals surface area contributed by atoms with Crippen LogP contribution in [0.15, 0.2) is 36.7 Å². The predicted octanol–water partition coefficient (Wildman–Crippen LogP) is 1.92. The van der Waals surface area contributed by atoms with Gasteiger partial charge in [-0.1, -0.05) is 17.7 Å². The fraction of sp³-hybridized carbons (Fsp3) is 0.353. The average Bonchev–Trinajstić information content (AvgIpc) is 2.57. The van der Waals surface area contributed by atoms with Crippen LogP contribution in [0.5, 0.6) is 0 Å². The van der Waals surface area contributed by atoms with Crippen molar-refractivity contribution in [1.82, 2.24) is 19.8 Å². The maximum absolute atomic E-state index is 12.5. The van der Waals surface area contributed by atoms with E-state index in [1.165, 1.54) is 11.9 Å². The van der Waals surface area contributed by atoms with Crippen LogP contribution >= 0.6 is 0 Å². The van der Waals surface area contributed by atoms with E-state index in [9.17, 15) is 4.79 Å². The smallest absolute Gasteiger partial charge is 0.272 e. The lowest BCUT2D eigenvalue weighted by Crippen LogP contribution is -2.47. The molecular formula is C17H21N5O. The first-order valence-corrected chi connectivity index (χ1v) is 7.75. The van der Waals surface area contributed by atoms with Crippen LogP contribution in [0.25, 0.3) is 0 Å². The van der Waals surface area contributed by atoms with E-state index in [1.54, 1.807) is 6.07 Å². The Morgan fingerprint density at radius 1 is 1.09 bits per heavy atom. The second kappa shape index (κ2) is 6.75. The van der Waals surface area contributed by atoms with E-state index in [1.807, 2.05) is 36.1 Å². The Labute approximate surface area is 136 Å². The molecule has 0 saturated carbocycles. The van der Waals surface area contributed by atoms with Crippen molar-refractivity contribution in [3.05, 3.63) is 47.9 Å². The summed E-state index contributed by atoms with van der Waals surface area (Å²) in [5, 5.41) is 3.21. The normalized spacial score (nSPS) is 15.5. The number of carbonyl (C=O) groups excluding carboxylic acids is 1. The van der Waals surface area contributed by atoms with Gasteiger partial charge in [-0.25, -0.2) is 9.97 Å². The molecule has 1 aromatic carbocycles. The summed E-state index contributed by atoms with van der Waals surface area (Å²) < 4.78 is 0. The highest BCUT2D eigenvalue weighted by molar-refractivity contribution is 5.93. The van der Waals surface area contributed by atoms with Crippen LogP contribution in [0.2, 0.25) is 0 Å². The molecule has 120 valence electrons. The Balaban J connectivity index is 1.71. The molecule has 2 heterocycles. The fourth-order valence-electron chi connectivity index (χ4n) is 2.50. The first-order valence-electron chi connectivity index (χ1n) is 7.75. The van der Waals surface area contributed by atoms with Gasteiger partial charge in [0.05, 0.1) is 0 Å². The maximum atomic E-state index is 12.5. The Bertz CT molecular complexity index is 678. The molecule has 23 heavy (non-hydrogen) atoms. The molecule has 6 heteroatoms. The van der Waals surface area contributed by atoms with E-state index in [-0.39, 0.29) is 5.91 Å². The van der Waals surface area contributed by atoms with Crippen molar-refractivity contribution < 1.29 is 4.79 Å². The minimum absolute atomic E-state index is 0.0348. The van der Waals surface area contributed by atoms with Gasteiger partial charge in [0.15, 0.2) is 0 Å². The van der Waals surface area contributed by atoms with Crippen molar-refractivity contribution in [2.45, 2.75) is 6.92 Å². The summed E-state index contributed by atoms with van der Waals surface area (Å²) in [5.74, 6) is 0.591. The van der Waals surface area contributed by atoms with Gasteiger partial charge in [0.2, 0.25) is 0 Å². The molecule has 3 rings (SSSR count). The molecule has 0 unspecified atom stereocenters. The fourth-order valence-corrected chi connectivity index (χ4v) is 2.50. The van der Waals surface area contributed by atoms with Gasteiger partial charge >= 0.3 is 0 Å². The van der Waals surface area contributed by atoms with Gasteiger partial charge < -0.3 is 15.1 Å². The minimum atomic E-state index is -0.0348. The molecular weight excluding hydrogens is 290 g/mol. The number of aromatic nitrogens is 2. The van der Waals surface area contributed by atoms with Crippen LogP contribution < -0.4 is 5.32 Å². The number of likely N-dealkylation sites (N-methyl/N-ethyl adjacent to an activating group) is 1. The van der Waals surface area contributed by atoms with Gasteiger partial charge in [-0.15, -0.1) is 0 Å². The molecule has 0 atom stereocenters. The topological polar surface area (TPSA) is 61.4 Å². The highest BCUT2D eigenvalue weighted by Crippen LogP contribution is 2.16. The van der Waals surface area contributed by atoms with Crippen molar-refractivity contribution in [2.24, 2.45) is 0 Å². The number of carbonyl (C=O) groups is 1. The highest BCUT2D eigenvalue weighted by Gasteiger charge is 2.21. The van der Waals surface area contributed by atoms with Crippen LogP contribution in [-0.2, 0) is 0 Å². The molecule has 1 aliphatic rings. The van der Waals surface area contributed by atoms with Crippen molar-refractivity contribution in [2.75, 3.05) is 38.5 Å². The Morgan fingerprint density at radius 2 is 1.78 bits per heavy atom. The lowest BCUT2D eigenvalue weighted by Gasteiger charge is -2.32. The van der Waals surface area contributed by atoms with Crippen LogP contribution in [-0.4, -0.2) is 58.9 Å². The third kappa shape index (κ3) is 3.84. The molecule has 0 radical (unpaired) electrons. The Kier molecular flexibility index (Phi) is 4.52. The number of hydrogen-bond donors (Lipinski definition) is 1. The maximum Gasteiger partial charge on any atom is 0.272 e. The van der Waals surface area contributed by atoms with E-state index in [0.29, 0.717) is 11.5 Å². The van der Waals surface area contributed by atoms with Gasteiger partial charge in [0, 0.05) is 37.9 Å². The quantitative estimate of drug-likeness (QED) is 0.938. The number of nitrogens with zero attached hydrogens (tertiary/aromatic N) is 4. The molecule has 6 nitrogen and oxygen atoms in total. The number of nitrogens with one attached hydrogen (secondary N) is 1. The largest absolute Gasteiger partial charge is 0.340 e. The van der Waals surface area contributed by atoms with Gasteiger partial charge in [-0.3, -0.25) is 4.79 Å². The zero-order valence-electron chi connectivity index (χ0n) is 13.5. The number of aryl methyl sites for hydroxylation is 1. The van der Waals surface area contributed by atoms with Crippen molar-refractivity contribution >= 4 is 17.4 Å². The summed E-state index contributed by atoms with van der Waals surface area (Å²) in [4.78, 5) is 24.9. The van der Waals surface area contributed by atoms with E-state index in [4.69, 9.17) is 0 Å². The summed E-state index contributed by atoms with van der Waals surface area (Å²) in [6.07, 6.45) is 1.43. The van der Waals surface area contributed by atoms with Crippen molar-refractivity contribution in [3.8, 4) is 0 Å². The van der Waals surface area contributed by atoms with Gasteiger partial charge in [-0.2, -0.15) is 0 Å². The lowest BCUT2D eigenvalue weighted by atomic mass is 10.2. The highest BCUT2D eigenvalue weighted by atomic mass is 16.2. The first kappa shape index (κ1) is 15.4. The van der Waals surface area contributed by atoms with E-state index in [0.717, 1.165) is 31.9 Å². The standard InChI is InChI=1S/C17H21N5O/c1-13-3-5-14(6-4-13)20-16-11-15(18-12-19-16)17(23)22-9-7-21(2)8-10-22/h3-6,11-12H,7-10H2,1-2H3,(H,18,19,20). The van der Waals surface area contributed by atoms with E-state index in [2.05, 4.69) is 27.2 Å². The Morgan fingerprint density at radius 3 is 2.48 bits per heavy atom. The molecule has 1 amide bonds. The summed E-state index contributed by atoms with van der Waals surface area (Å²) >= 11 is 0. The second-order valence-electron chi connectivity index (χ2n) is 5.87. The van der Waals surface area contributed by atoms with Crippen LogP contribution in [0.4, 0.5) is 11.5 Å². The predicted molar refractivity (Wildman–Crippen MR) is 89.9 cm³/mol. The van der Waals surface area contributed by atoms with Crippen LogP contribution in [0, 0.1) is 6.92 Å². The third-order valence-electron chi connectivity index (χ3n) is 4.00. The molecule has 1 N–H and O–H groups in total. The number of hydrogen-bond acceptors (Lipinski definition) is 5. The number of anilines is 2. The second-order valence-corrected chi connectivity index (χ2v) is 5.87. The molecule has 1 aromatic heterocycles. The number of amides is 1. The number of benzene rings is 1. The van der Waals surface area contributed by atoms with E-state index < -0.39 is 0 Å². The van der Waals surface area contributed by atoms with Gasteiger partial charge in [-0.05, 0) is 26.1 Å². The van der Waals surface area contributed by atoms with Crippen LogP contribution in [0.3, 0.4) is 0 Å². The first-order chi connectivity index (χ1) is 11.1. The molecule has 1 saturated heterocycles. The monoisotopic (exact) mass is 311 g/mol. The molecule has 0 aliphatic carbocycles. The van der Waals surface area contributed by atoms with Gasteiger partial charge in [0.25, 0.3) is 5.91 Å². The van der Waals surface area contributed by atoms with Gasteiger partial charge in [0.1, 0.15) is 17.8 Å². The molecule has 1 fully saturated rings. The average molecular weight is 311 g/mol. The van der Waals surface area contributed by atoms with E-state index >= 15 is 0 Å². The zero-order chi connectivity index (χ0) is 16.2. The third-order valence-corrected chi connectivity index (χ3v) is 4.00.